The summed E-state index contributed by atoms with van der Waals surface area (Å²) < 4.78 is 6.43. The van der Waals surface area contributed by atoms with E-state index in [2.05, 4.69) is 6.07 Å². The highest BCUT2D eigenvalue weighted by Gasteiger charge is 2.34. The molecule has 2 N–H and O–H groups in total. The molecule has 1 heterocycles. The minimum Gasteiger partial charge on any atom is -0.480 e. The third-order valence-electron chi connectivity index (χ3n) is 5.82. The summed E-state index contributed by atoms with van der Waals surface area (Å²) in [5, 5.41) is 10.7. The van der Waals surface area contributed by atoms with Crippen molar-refractivity contribution in [3.8, 4) is 34.1 Å². The van der Waals surface area contributed by atoms with Crippen molar-refractivity contribution in [3.05, 3.63) is 106 Å². The van der Waals surface area contributed by atoms with E-state index in [9.17, 15) is 5.26 Å². The summed E-state index contributed by atoms with van der Waals surface area (Å²) in [7, 11) is 0. The molecular formula is C27H19ClN2O. The zero-order chi connectivity index (χ0) is 21.5. The van der Waals surface area contributed by atoms with Crippen LogP contribution >= 0.6 is 11.6 Å². The highest BCUT2D eigenvalue weighted by atomic mass is 35.5. The lowest BCUT2D eigenvalue weighted by Crippen LogP contribution is -2.19. The van der Waals surface area contributed by atoms with Gasteiger partial charge in [0.15, 0.2) is 6.10 Å². The standard InChI is InChI=1S/C27H19ClN2O/c1-16-23(17-8-4-2-5-9-17)21(15-29)26(30)25-24(16)20-14-19(28)12-13-22(20)31-27(25)18-10-6-3-7-11-18/h2-14,27H,30H2,1H3/t27-/m0/s1. The number of ether oxygens (including phenoxy) is 1. The molecule has 1 aliphatic rings. The summed E-state index contributed by atoms with van der Waals surface area (Å²) in [5.74, 6) is 0.747. The number of nitriles is 1. The molecule has 0 bridgehead atoms. The van der Waals surface area contributed by atoms with Crippen LogP contribution in [0.15, 0.2) is 78.9 Å². The average Bonchev–Trinajstić information content (AvgIpc) is 2.81. The average molecular weight is 423 g/mol. The van der Waals surface area contributed by atoms with E-state index in [1.807, 2.05) is 85.8 Å². The lowest BCUT2D eigenvalue weighted by molar-refractivity contribution is 0.244. The Morgan fingerprint density at radius 1 is 0.935 bits per heavy atom. The Morgan fingerprint density at radius 2 is 1.61 bits per heavy atom. The van der Waals surface area contributed by atoms with Gasteiger partial charge in [-0.15, -0.1) is 0 Å². The van der Waals surface area contributed by atoms with E-state index in [1.165, 1.54) is 0 Å². The first-order valence-corrected chi connectivity index (χ1v) is 10.4. The molecule has 4 heteroatoms. The maximum Gasteiger partial charge on any atom is 0.152 e. The van der Waals surface area contributed by atoms with E-state index in [-0.39, 0.29) is 0 Å². The molecule has 5 rings (SSSR count). The number of nitrogens with two attached hydrogens (primary N) is 1. The zero-order valence-corrected chi connectivity index (χ0v) is 17.6. The van der Waals surface area contributed by atoms with Gasteiger partial charge in [-0.3, -0.25) is 0 Å². The fourth-order valence-electron chi connectivity index (χ4n) is 4.47. The molecule has 0 spiro atoms. The molecule has 1 atom stereocenters. The topological polar surface area (TPSA) is 59.0 Å². The molecule has 3 nitrogen and oxygen atoms in total. The second kappa shape index (κ2) is 7.50. The molecule has 0 fully saturated rings. The molecule has 150 valence electrons. The van der Waals surface area contributed by atoms with Crippen molar-refractivity contribution in [3.63, 3.8) is 0 Å². The highest BCUT2D eigenvalue weighted by Crippen LogP contribution is 2.52. The summed E-state index contributed by atoms with van der Waals surface area (Å²) in [6.45, 7) is 2.04. The Labute approximate surface area is 186 Å². The van der Waals surface area contributed by atoms with Gasteiger partial charge >= 0.3 is 0 Å². The molecule has 0 saturated carbocycles. The third-order valence-corrected chi connectivity index (χ3v) is 6.06. The van der Waals surface area contributed by atoms with Crippen molar-refractivity contribution < 1.29 is 4.74 Å². The smallest absolute Gasteiger partial charge is 0.152 e. The second-order valence-electron chi connectivity index (χ2n) is 7.60. The van der Waals surface area contributed by atoms with Crippen LogP contribution in [-0.2, 0) is 0 Å². The first-order valence-electron chi connectivity index (χ1n) is 10.0. The lowest BCUT2D eigenvalue weighted by Gasteiger charge is -2.33. The fraction of sp³-hybridized carbons (Fsp3) is 0.0741. The Morgan fingerprint density at radius 3 is 2.29 bits per heavy atom. The Balaban J connectivity index is 1.91. The van der Waals surface area contributed by atoms with Crippen LogP contribution in [-0.4, -0.2) is 0 Å². The number of benzene rings is 4. The van der Waals surface area contributed by atoms with Gasteiger partial charge in [0.2, 0.25) is 0 Å². The third kappa shape index (κ3) is 3.04. The van der Waals surface area contributed by atoms with E-state index in [1.54, 1.807) is 0 Å². The van der Waals surface area contributed by atoms with Crippen molar-refractivity contribution >= 4 is 17.3 Å². The molecule has 0 saturated heterocycles. The first-order chi connectivity index (χ1) is 15.1. The number of nitrogens with zero attached hydrogens (tertiary/aromatic N) is 1. The van der Waals surface area contributed by atoms with Crippen LogP contribution in [0.25, 0.3) is 22.3 Å². The van der Waals surface area contributed by atoms with Crippen molar-refractivity contribution in [2.24, 2.45) is 0 Å². The molecule has 1 aliphatic heterocycles. The van der Waals surface area contributed by atoms with Crippen molar-refractivity contribution in [2.45, 2.75) is 13.0 Å². The fourth-order valence-corrected chi connectivity index (χ4v) is 4.64. The van der Waals surface area contributed by atoms with Gasteiger partial charge in [0.1, 0.15) is 11.8 Å². The first kappa shape index (κ1) is 19.2. The van der Waals surface area contributed by atoms with Gasteiger partial charge in [-0.05, 0) is 47.4 Å². The molecule has 0 unspecified atom stereocenters. The largest absolute Gasteiger partial charge is 0.480 e. The van der Waals surface area contributed by atoms with Gasteiger partial charge < -0.3 is 10.5 Å². The predicted molar refractivity (Wildman–Crippen MR) is 125 cm³/mol. The summed E-state index contributed by atoms with van der Waals surface area (Å²) in [4.78, 5) is 0. The van der Waals surface area contributed by atoms with Crippen LogP contribution in [0.1, 0.15) is 28.4 Å². The van der Waals surface area contributed by atoms with Crippen molar-refractivity contribution in [1.29, 1.82) is 5.26 Å². The van der Waals surface area contributed by atoms with Crippen LogP contribution in [0.5, 0.6) is 5.75 Å². The minimum atomic E-state index is -0.416. The Hall–Kier alpha value is -3.74. The Bertz CT molecular complexity index is 1340. The maximum absolute atomic E-state index is 10.1. The highest BCUT2D eigenvalue weighted by molar-refractivity contribution is 6.31. The number of rotatable bonds is 2. The van der Waals surface area contributed by atoms with Crippen LogP contribution in [0.3, 0.4) is 0 Å². The lowest BCUT2D eigenvalue weighted by atomic mass is 9.80. The molecule has 0 aliphatic carbocycles. The monoisotopic (exact) mass is 422 g/mol. The number of hydrogen-bond donors (Lipinski definition) is 1. The molecule has 0 radical (unpaired) electrons. The second-order valence-corrected chi connectivity index (χ2v) is 8.04. The van der Waals surface area contributed by atoms with Gasteiger partial charge in [0.25, 0.3) is 0 Å². The summed E-state index contributed by atoms with van der Waals surface area (Å²) >= 11 is 6.36. The van der Waals surface area contributed by atoms with E-state index in [4.69, 9.17) is 22.1 Å². The van der Waals surface area contributed by atoms with E-state index >= 15 is 0 Å². The van der Waals surface area contributed by atoms with Gasteiger partial charge in [0.05, 0.1) is 11.3 Å². The zero-order valence-electron chi connectivity index (χ0n) is 16.9. The number of anilines is 1. The van der Waals surface area contributed by atoms with Gasteiger partial charge in [-0.2, -0.15) is 5.26 Å². The number of halogens is 1. The van der Waals surface area contributed by atoms with Crippen molar-refractivity contribution in [1.82, 2.24) is 0 Å². The molecule has 4 aromatic rings. The van der Waals surface area contributed by atoms with Crippen LogP contribution in [0.2, 0.25) is 5.02 Å². The van der Waals surface area contributed by atoms with Gasteiger partial charge in [0, 0.05) is 21.7 Å². The van der Waals surface area contributed by atoms with Crippen LogP contribution in [0.4, 0.5) is 5.69 Å². The number of nitrogen functional groups attached to an aromatic ring is 1. The van der Waals surface area contributed by atoms with Crippen LogP contribution < -0.4 is 10.5 Å². The van der Waals surface area contributed by atoms with Gasteiger partial charge in [-0.1, -0.05) is 72.3 Å². The van der Waals surface area contributed by atoms with Gasteiger partial charge in [-0.25, -0.2) is 0 Å². The van der Waals surface area contributed by atoms with Crippen LogP contribution in [0, 0.1) is 18.3 Å². The SMILES string of the molecule is Cc1c(-c2ccccc2)c(C#N)c(N)c2c1-c1cc(Cl)ccc1O[C@H]2c1ccccc1. The summed E-state index contributed by atoms with van der Waals surface area (Å²) in [6.07, 6.45) is -0.416. The van der Waals surface area contributed by atoms with E-state index < -0.39 is 6.10 Å². The number of fused-ring (bicyclic) bond motifs is 3. The molecule has 31 heavy (non-hydrogen) atoms. The summed E-state index contributed by atoms with van der Waals surface area (Å²) in [6, 6.07) is 27.8. The summed E-state index contributed by atoms with van der Waals surface area (Å²) in [5.41, 5.74) is 14.1. The molecular weight excluding hydrogens is 404 g/mol. The maximum atomic E-state index is 10.1. The minimum absolute atomic E-state index is 0.416. The molecule has 4 aromatic carbocycles. The number of hydrogen-bond acceptors (Lipinski definition) is 3. The van der Waals surface area contributed by atoms with E-state index in [0.717, 1.165) is 44.7 Å². The van der Waals surface area contributed by atoms with E-state index in [0.29, 0.717) is 16.3 Å². The normalized spacial score (nSPS) is 14.2. The van der Waals surface area contributed by atoms with Crippen molar-refractivity contribution in [2.75, 3.05) is 5.73 Å². The molecule has 0 aromatic heterocycles. The molecule has 0 amide bonds. The Kier molecular flexibility index (Phi) is 4.66. The quantitative estimate of drug-likeness (QED) is 0.357. The predicted octanol–water partition coefficient (Wildman–Crippen LogP) is 6.92.